The molecule has 0 unspecified atom stereocenters. The van der Waals surface area contributed by atoms with E-state index in [0.29, 0.717) is 29.3 Å². The molecule has 4 aromatic rings. The van der Waals surface area contributed by atoms with Gasteiger partial charge in [0.15, 0.2) is 0 Å². The number of hydrogen-bond acceptors (Lipinski definition) is 6. The van der Waals surface area contributed by atoms with Gasteiger partial charge in [-0.25, -0.2) is 4.79 Å². The molecule has 214 valence electrons. The first kappa shape index (κ1) is 31.6. The summed E-state index contributed by atoms with van der Waals surface area (Å²) in [5, 5.41) is 26.3. The maximum Gasteiger partial charge on any atom is 0.335 e. The Labute approximate surface area is 250 Å². The van der Waals surface area contributed by atoms with Crippen molar-refractivity contribution in [3.8, 4) is 11.5 Å². The number of carboxylic acid groups (broad SMARTS) is 1. The lowest BCUT2D eigenvalue weighted by molar-refractivity contribution is 0.0696. The number of aliphatic hydroxyl groups excluding tert-OH is 1. The molecule has 4 N–H and O–H groups in total. The summed E-state index contributed by atoms with van der Waals surface area (Å²) in [6, 6.07) is 22.9. The Morgan fingerprint density at radius 2 is 1.73 bits per heavy atom. The second-order valence-corrected chi connectivity index (χ2v) is 9.55. The number of fused-ring (bicyclic) bond motifs is 1. The number of carbonyl (C=O) groups excluding carboxylic acids is 1. The fourth-order valence-corrected chi connectivity index (χ4v) is 4.72. The van der Waals surface area contributed by atoms with Gasteiger partial charge < -0.3 is 25.6 Å². The van der Waals surface area contributed by atoms with E-state index in [1.807, 2.05) is 36.4 Å². The molecule has 1 aromatic heterocycles. The van der Waals surface area contributed by atoms with Crippen LogP contribution in [0.3, 0.4) is 0 Å². The molecule has 41 heavy (non-hydrogen) atoms. The Hall–Kier alpha value is -3.95. The van der Waals surface area contributed by atoms with Crippen molar-refractivity contribution in [1.82, 2.24) is 10.3 Å². The Morgan fingerprint density at radius 3 is 2.46 bits per heavy atom. The third kappa shape index (κ3) is 8.28. The summed E-state index contributed by atoms with van der Waals surface area (Å²) in [4.78, 5) is 28.4. The predicted octanol–water partition coefficient (Wildman–Crippen LogP) is 5.85. The number of pyridine rings is 1. The summed E-state index contributed by atoms with van der Waals surface area (Å²) in [5.41, 5.74) is 3.95. The van der Waals surface area contributed by atoms with E-state index in [9.17, 15) is 19.8 Å². The number of aromatic carboxylic acids is 1. The first-order valence-electron chi connectivity index (χ1n) is 12.8. The molecule has 0 fully saturated rings. The number of carboxylic acids is 1. The van der Waals surface area contributed by atoms with E-state index in [0.717, 1.165) is 30.4 Å². The van der Waals surface area contributed by atoms with E-state index < -0.39 is 12.1 Å². The van der Waals surface area contributed by atoms with Gasteiger partial charge in [0.1, 0.15) is 11.5 Å². The molecule has 0 bridgehead atoms. The van der Waals surface area contributed by atoms with E-state index in [1.54, 1.807) is 42.7 Å². The maximum absolute atomic E-state index is 12.6. The average Bonchev–Trinajstić information content (AvgIpc) is 2.96. The number of aryl methyl sites for hydroxylation is 1. The largest absolute Gasteiger partial charge is 0.478 e. The number of carbonyl (C=O) groups is 2. The number of hydrogen-bond donors (Lipinski definition) is 4. The molecule has 0 spiro atoms. The fourth-order valence-electron chi connectivity index (χ4n) is 4.72. The molecule has 0 radical (unpaired) electrons. The molecular weight excluding hydrogens is 565 g/mol. The van der Waals surface area contributed by atoms with Gasteiger partial charge in [-0.2, -0.15) is 0 Å². The third-order valence-corrected chi connectivity index (χ3v) is 6.76. The minimum atomic E-state index is -1.12. The van der Waals surface area contributed by atoms with Crippen molar-refractivity contribution < 1.29 is 24.5 Å². The van der Waals surface area contributed by atoms with E-state index in [1.165, 1.54) is 17.7 Å². The molecule has 5 rings (SSSR count). The molecule has 1 heterocycles. The van der Waals surface area contributed by atoms with Crippen LogP contribution in [-0.4, -0.2) is 39.7 Å². The van der Waals surface area contributed by atoms with Crippen LogP contribution in [0, 0.1) is 0 Å². The number of nitrogens with one attached hydrogen (secondary N) is 2. The summed E-state index contributed by atoms with van der Waals surface area (Å²) in [5.74, 6) is -0.579. The molecule has 8 nitrogen and oxygen atoms in total. The minimum absolute atomic E-state index is 0. The number of aliphatic hydroxyl groups is 1. The third-order valence-electron chi connectivity index (χ3n) is 6.76. The van der Waals surface area contributed by atoms with Crippen molar-refractivity contribution in [2.24, 2.45) is 0 Å². The first-order chi connectivity index (χ1) is 18.9. The second-order valence-electron chi connectivity index (χ2n) is 9.55. The summed E-state index contributed by atoms with van der Waals surface area (Å²) < 4.78 is 6.07. The molecular formula is C31H31Cl2N3O5. The van der Waals surface area contributed by atoms with Crippen molar-refractivity contribution in [3.63, 3.8) is 0 Å². The van der Waals surface area contributed by atoms with E-state index >= 15 is 0 Å². The maximum atomic E-state index is 12.6. The van der Waals surface area contributed by atoms with Gasteiger partial charge in [0.25, 0.3) is 5.91 Å². The highest BCUT2D eigenvalue weighted by Gasteiger charge is 2.21. The molecule has 1 aliphatic rings. The van der Waals surface area contributed by atoms with Gasteiger partial charge in [0, 0.05) is 47.9 Å². The Bertz CT molecular complexity index is 1470. The molecule has 0 aliphatic heterocycles. The summed E-state index contributed by atoms with van der Waals surface area (Å²) in [7, 11) is 0. The van der Waals surface area contributed by atoms with Gasteiger partial charge >= 0.3 is 5.97 Å². The normalized spacial score (nSPS) is 14.4. The van der Waals surface area contributed by atoms with Crippen molar-refractivity contribution >= 4 is 42.4 Å². The molecule has 1 amide bonds. The quantitative estimate of drug-likeness (QED) is 0.191. The Morgan fingerprint density at radius 1 is 0.927 bits per heavy atom. The van der Waals surface area contributed by atoms with E-state index in [4.69, 9.17) is 4.74 Å². The monoisotopic (exact) mass is 595 g/mol. The topological polar surface area (TPSA) is 121 Å². The first-order valence-corrected chi connectivity index (χ1v) is 12.8. The zero-order valence-corrected chi connectivity index (χ0v) is 23.7. The van der Waals surface area contributed by atoms with Crippen LogP contribution >= 0.6 is 24.8 Å². The smallest absolute Gasteiger partial charge is 0.335 e. The number of ether oxygens (including phenoxy) is 1. The number of aromatic nitrogens is 1. The Kier molecular flexibility index (Phi) is 11.3. The minimum Gasteiger partial charge on any atom is -0.478 e. The number of nitrogens with zero attached hydrogens (tertiary/aromatic N) is 1. The van der Waals surface area contributed by atoms with Gasteiger partial charge in [0.05, 0.1) is 11.7 Å². The lowest BCUT2D eigenvalue weighted by Gasteiger charge is -2.27. The second kappa shape index (κ2) is 14.6. The van der Waals surface area contributed by atoms with Crippen LogP contribution in [-0.2, 0) is 12.8 Å². The van der Waals surface area contributed by atoms with Gasteiger partial charge in [-0.15, -0.1) is 24.8 Å². The average molecular weight is 597 g/mol. The van der Waals surface area contributed by atoms with Crippen LogP contribution in [0.5, 0.6) is 11.5 Å². The van der Waals surface area contributed by atoms with Crippen LogP contribution < -0.4 is 15.4 Å². The van der Waals surface area contributed by atoms with Crippen molar-refractivity contribution in [3.05, 3.63) is 119 Å². The number of rotatable bonds is 9. The molecule has 1 aliphatic carbocycles. The highest BCUT2D eigenvalue weighted by Crippen LogP contribution is 2.31. The lowest BCUT2D eigenvalue weighted by atomic mass is 9.88. The number of benzene rings is 3. The fraction of sp³-hybridized carbons (Fsp3) is 0.194. The summed E-state index contributed by atoms with van der Waals surface area (Å²) in [6.07, 6.45) is 5.36. The SMILES string of the molecule is Cl.Cl.O=C(O)c1cc(NC(=O)c2ccccc2)cc(Oc2ccc3c(c2)C[C@@H](NC[C@H](O)c2cccnc2)CC3)c1. The molecule has 10 heteroatoms. The van der Waals surface area contributed by atoms with Gasteiger partial charge in [0.2, 0.25) is 0 Å². The lowest BCUT2D eigenvalue weighted by Crippen LogP contribution is -2.37. The van der Waals surface area contributed by atoms with Crippen molar-refractivity contribution in [1.29, 1.82) is 0 Å². The van der Waals surface area contributed by atoms with E-state index in [2.05, 4.69) is 15.6 Å². The van der Waals surface area contributed by atoms with Crippen LogP contribution in [0.25, 0.3) is 0 Å². The predicted molar refractivity (Wildman–Crippen MR) is 162 cm³/mol. The molecule has 2 atom stereocenters. The number of amides is 1. The highest BCUT2D eigenvalue weighted by atomic mass is 35.5. The van der Waals surface area contributed by atoms with Gasteiger partial charge in [-0.3, -0.25) is 9.78 Å². The Balaban J connectivity index is 0.00000231. The standard InChI is InChI=1S/C31H29N3O5.2ClH/c35-29(22-7-4-12-32-18-22)19-33-25-10-8-20-9-11-27(15-23(20)13-25)39-28-16-24(31(37)38)14-26(17-28)34-30(36)21-5-2-1-3-6-21;;/h1-7,9,11-12,14-18,25,29,33,35H,8,10,13,19H2,(H,34,36)(H,37,38);2*1H/t25-,29-;;/m0../s1. The number of anilines is 1. The number of halogens is 2. The van der Waals surface area contributed by atoms with Crippen molar-refractivity contribution in [2.45, 2.75) is 31.4 Å². The van der Waals surface area contributed by atoms with Crippen LogP contribution in [0.15, 0.2) is 91.3 Å². The van der Waals surface area contributed by atoms with Crippen LogP contribution in [0.2, 0.25) is 0 Å². The molecule has 0 saturated carbocycles. The van der Waals surface area contributed by atoms with Gasteiger partial charge in [-0.1, -0.05) is 30.3 Å². The summed E-state index contributed by atoms with van der Waals surface area (Å²) >= 11 is 0. The van der Waals surface area contributed by atoms with E-state index in [-0.39, 0.29) is 42.3 Å². The van der Waals surface area contributed by atoms with Crippen LogP contribution in [0.1, 0.15) is 49.9 Å². The summed E-state index contributed by atoms with van der Waals surface area (Å²) in [6.45, 7) is 0.432. The zero-order valence-electron chi connectivity index (χ0n) is 22.0. The molecule has 0 saturated heterocycles. The van der Waals surface area contributed by atoms with Gasteiger partial charge in [-0.05, 0) is 72.9 Å². The van der Waals surface area contributed by atoms with Crippen molar-refractivity contribution in [2.75, 3.05) is 11.9 Å². The molecule has 3 aromatic carbocycles. The highest BCUT2D eigenvalue weighted by molar-refractivity contribution is 6.05. The zero-order chi connectivity index (χ0) is 27.2. The van der Waals surface area contributed by atoms with Crippen LogP contribution in [0.4, 0.5) is 5.69 Å².